The van der Waals surface area contributed by atoms with Gasteiger partial charge >= 0.3 is 0 Å². The first-order valence-electron chi connectivity index (χ1n) is 9.52. The Labute approximate surface area is 169 Å². The Morgan fingerprint density at radius 1 is 1.04 bits per heavy atom. The number of amides is 1. The van der Waals surface area contributed by atoms with Gasteiger partial charge in [0, 0.05) is 30.5 Å². The van der Waals surface area contributed by atoms with Crippen LogP contribution in [0.2, 0.25) is 5.02 Å². The van der Waals surface area contributed by atoms with E-state index in [1.165, 1.54) is 6.92 Å². The number of aromatic nitrogens is 2. The van der Waals surface area contributed by atoms with Crippen LogP contribution in [0.25, 0.3) is 11.0 Å². The van der Waals surface area contributed by atoms with Crippen LogP contribution in [-0.2, 0) is 17.8 Å². The van der Waals surface area contributed by atoms with Gasteiger partial charge in [-0.25, -0.2) is 4.98 Å². The standard InChI is InChI=1S/C22H24ClN3O2/c1-16(27)24-14-6-2-3-9-22-25-19-7-4-5-8-20(19)26(22)15-21(28)17-10-12-18(23)13-11-17/h4-5,7-8,10-13H,2-3,6,9,14-15H2,1H3,(H,24,27). The third-order valence-corrected chi connectivity index (χ3v) is 4.90. The molecule has 0 spiro atoms. The number of rotatable bonds is 9. The zero-order chi connectivity index (χ0) is 19.9. The summed E-state index contributed by atoms with van der Waals surface area (Å²) in [6.07, 6.45) is 3.68. The topological polar surface area (TPSA) is 64.0 Å². The summed E-state index contributed by atoms with van der Waals surface area (Å²) in [5.41, 5.74) is 2.51. The Balaban J connectivity index is 1.71. The molecule has 1 heterocycles. The molecule has 3 aromatic rings. The van der Waals surface area contributed by atoms with Crippen LogP contribution >= 0.6 is 11.6 Å². The summed E-state index contributed by atoms with van der Waals surface area (Å²) < 4.78 is 2.01. The molecule has 5 nitrogen and oxygen atoms in total. The molecule has 0 saturated heterocycles. The highest BCUT2D eigenvalue weighted by molar-refractivity contribution is 6.30. The first kappa shape index (κ1) is 20.1. The van der Waals surface area contributed by atoms with Gasteiger partial charge in [0.25, 0.3) is 0 Å². The lowest BCUT2D eigenvalue weighted by Crippen LogP contribution is -2.20. The monoisotopic (exact) mass is 397 g/mol. The summed E-state index contributed by atoms with van der Waals surface area (Å²) >= 11 is 5.92. The Hall–Kier alpha value is -2.66. The second kappa shape index (κ2) is 9.51. The molecule has 0 bridgehead atoms. The average Bonchev–Trinajstić information content (AvgIpc) is 3.02. The van der Waals surface area contributed by atoms with E-state index in [1.807, 2.05) is 28.8 Å². The largest absolute Gasteiger partial charge is 0.356 e. The molecule has 0 saturated carbocycles. The van der Waals surface area contributed by atoms with E-state index in [2.05, 4.69) is 5.32 Å². The van der Waals surface area contributed by atoms with Gasteiger partial charge < -0.3 is 9.88 Å². The molecule has 146 valence electrons. The van der Waals surface area contributed by atoms with Crippen LogP contribution in [0, 0.1) is 0 Å². The molecular formula is C22H24ClN3O2. The zero-order valence-electron chi connectivity index (χ0n) is 16.0. The van der Waals surface area contributed by atoms with Crippen molar-refractivity contribution < 1.29 is 9.59 Å². The van der Waals surface area contributed by atoms with Crippen LogP contribution in [0.15, 0.2) is 48.5 Å². The first-order valence-corrected chi connectivity index (χ1v) is 9.90. The number of nitrogens with zero attached hydrogens (tertiary/aromatic N) is 2. The molecule has 2 aromatic carbocycles. The fourth-order valence-electron chi connectivity index (χ4n) is 3.21. The molecule has 0 unspecified atom stereocenters. The summed E-state index contributed by atoms with van der Waals surface area (Å²) in [5.74, 6) is 0.956. The number of ketones is 1. The number of hydrogen-bond acceptors (Lipinski definition) is 3. The fraction of sp³-hybridized carbons (Fsp3) is 0.318. The summed E-state index contributed by atoms with van der Waals surface area (Å²) in [6, 6.07) is 14.9. The molecule has 1 aromatic heterocycles. The van der Waals surface area contributed by atoms with Crippen molar-refractivity contribution in [3.8, 4) is 0 Å². The number of para-hydroxylation sites is 2. The van der Waals surface area contributed by atoms with Crippen molar-refractivity contribution in [3.05, 3.63) is 64.9 Å². The van der Waals surface area contributed by atoms with Gasteiger partial charge in [-0.2, -0.15) is 0 Å². The minimum Gasteiger partial charge on any atom is -0.356 e. The maximum absolute atomic E-state index is 12.8. The predicted molar refractivity (Wildman–Crippen MR) is 112 cm³/mol. The number of fused-ring (bicyclic) bond motifs is 1. The number of Topliss-reactive ketones (excluding diaryl/α,β-unsaturated/α-hetero) is 1. The van der Waals surface area contributed by atoms with Crippen molar-refractivity contribution in [2.75, 3.05) is 6.54 Å². The lowest BCUT2D eigenvalue weighted by atomic mass is 10.1. The van der Waals surface area contributed by atoms with E-state index in [4.69, 9.17) is 16.6 Å². The molecule has 0 aliphatic rings. The molecule has 0 fully saturated rings. The summed E-state index contributed by atoms with van der Waals surface area (Å²) in [5, 5.41) is 3.43. The van der Waals surface area contributed by atoms with Gasteiger partial charge in [0.1, 0.15) is 5.82 Å². The third kappa shape index (κ3) is 5.20. The Morgan fingerprint density at radius 2 is 1.79 bits per heavy atom. The van der Waals surface area contributed by atoms with Gasteiger partial charge in [-0.3, -0.25) is 9.59 Å². The van der Waals surface area contributed by atoms with Crippen molar-refractivity contribution in [3.63, 3.8) is 0 Å². The average molecular weight is 398 g/mol. The van der Waals surface area contributed by atoms with E-state index in [9.17, 15) is 9.59 Å². The fourth-order valence-corrected chi connectivity index (χ4v) is 3.34. The molecule has 3 rings (SSSR count). The van der Waals surface area contributed by atoms with Gasteiger partial charge in [-0.1, -0.05) is 30.2 Å². The third-order valence-electron chi connectivity index (χ3n) is 4.65. The number of aryl methyl sites for hydroxylation is 1. The minimum absolute atomic E-state index is 0.00232. The zero-order valence-corrected chi connectivity index (χ0v) is 16.7. The number of imidazole rings is 1. The van der Waals surface area contributed by atoms with Crippen LogP contribution in [0.5, 0.6) is 0 Å². The Kier molecular flexibility index (Phi) is 6.82. The quantitative estimate of drug-likeness (QED) is 0.429. The van der Waals surface area contributed by atoms with Crippen LogP contribution < -0.4 is 5.32 Å². The van der Waals surface area contributed by atoms with Crippen molar-refractivity contribution in [2.45, 2.75) is 39.2 Å². The number of carbonyl (C=O) groups is 2. The number of unbranched alkanes of at least 4 members (excludes halogenated alkanes) is 2. The minimum atomic E-state index is 0.00232. The lowest BCUT2D eigenvalue weighted by molar-refractivity contribution is -0.118. The first-order chi connectivity index (χ1) is 13.5. The number of carbonyl (C=O) groups excluding carboxylic acids is 2. The van der Waals surface area contributed by atoms with Gasteiger partial charge in [0.2, 0.25) is 5.91 Å². The van der Waals surface area contributed by atoms with Crippen molar-refractivity contribution in [1.29, 1.82) is 0 Å². The molecule has 0 radical (unpaired) electrons. The molecule has 1 amide bonds. The molecule has 6 heteroatoms. The van der Waals surface area contributed by atoms with Gasteiger partial charge in [-0.05, 0) is 49.2 Å². The van der Waals surface area contributed by atoms with Crippen molar-refractivity contribution >= 4 is 34.3 Å². The maximum atomic E-state index is 12.8. The van der Waals surface area contributed by atoms with E-state index >= 15 is 0 Å². The van der Waals surface area contributed by atoms with E-state index < -0.39 is 0 Å². The Bertz CT molecular complexity index is 964. The van der Waals surface area contributed by atoms with E-state index in [1.54, 1.807) is 24.3 Å². The smallest absolute Gasteiger partial charge is 0.216 e. The lowest BCUT2D eigenvalue weighted by Gasteiger charge is -2.09. The second-order valence-electron chi connectivity index (χ2n) is 6.83. The highest BCUT2D eigenvalue weighted by Gasteiger charge is 2.14. The van der Waals surface area contributed by atoms with E-state index in [-0.39, 0.29) is 18.2 Å². The molecule has 0 aliphatic carbocycles. The van der Waals surface area contributed by atoms with Crippen molar-refractivity contribution in [1.82, 2.24) is 14.9 Å². The van der Waals surface area contributed by atoms with E-state index in [0.717, 1.165) is 42.5 Å². The summed E-state index contributed by atoms with van der Waals surface area (Å²) in [4.78, 5) is 28.4. The molecule has 1 N–H and O–H groups in total. The summed E-state index contributed by atoms with van der Waals surface area (Å²) in [6.45, 7) is 2.48. The van der Waals surface area contributed by atoms with Gasteiger partial charge in [0.05, 0.1) is 17.6 Å². The molecule has 0 aliphatic heterocycles. The normalized spacial score (nSPS) is 10.9. The highest BCUT2D eigenvalue weighted by Crippen LogP contribution is 2.19. The van der Waals surface area contributed by atoms with Crippen LogP contribution in [0.1, 0.15) is 42.4 Å². The molecular weight excluding hydrogens is 374 g/mol. The van der Waals surface area contributed by atoms with Crippen molar-refractivity contribution in [2.24, 2.45) is 0 Å². The number of benzene rings is 2. The number of halogens is 1. The highest BCUT2D eigenvalue weighted by atomic mass is 35.5. The van der Waals surface area contributed by atoms with Crippen LogP contribution in [0.4, 0.5) is 0 Å². The summed E-state index contributed by atoms with van der Waals surface area (Å²) in [7, 11) is 0. The van der Waals surface area contributed by atoms with Crippen LogP contribution in [-0.4, -0.2) is 27.8 Å². The van der Waals surface area contributed by atoms with Gasteiger partial charge in [0.15, 0.2) is 5.78 Å². The SMILES string of the molecule is CC(=O)NCCCCCc1nc2ccccc2n1CC(=O)c1ccc(Cl)cc1. The maximum Gasteiger partial charge on any atom is 0.216 e. The number of nitrogens with one attached hydrogen (secondary N) is 1. The molecule has 0 atom stereocenters. The van der Waals surface area contributed by atoms with E-state index in [0.29, 0.717) is 17.1 Å². The van der Waals surface area contributed by atoms with Crippen LogP contribution in [0.3, 0.4) is 0 Å². The van der Waals surface area contributed by atoms with Gasteiger partial charge in [-0.15, -0.1) is 0 Å². The second-order valence-corrected chi connectivity index (χ2v) is 7.26. The molecule has 28 heavy (non-hydrogen) atoms. The Morgan fingerprint density at radius 3 is 2.54 bits per heavy atom. The predicted octanol–water partition coefficient (Wildman–Crippen LogP) is 4.42. The number of hydrogen-bond donors (Lipinski definition) is 1.